The number of aliphatic hydroxyl groups is 2. The van der Waals surface area contributed by atoms with Crippen LogP contribution in [0, 0.1) is 17.8 Å². The maximum Gasteiger partial charge on any atom is 0.193 e. The minimum atomic E-state index is -0.273. The molecule has 5 heteroatoms. The third-order valence-corrected chi connectivity index (χ3v) is 9.39. The number of hydrogen-bond donors (Lipinski definition) is 2. The van der Waals surface area contributed by atoms with Crippen molar-refractivity contribution >= 4 is 5.69 Å². The summed E-state index contributed by atoms with van der Waals surface area (Å²) in [5, 5.41) is 23.1. The Morgan fingerprint density at radius 1 is 1.23 bits per heavy atom. The lowest BCUT2D eigenvalue weighted by Gasteiger charge is -2.66. The van der Waals surface area contributed by atoms with Gasteiger partial charge in [-0.2, -0.15) is 0 Å². The van der Waals surface area contributed by atoms with Crippen molar-refractivity contribution in [1.29, 1.82) is 0 Å². The molecule has 5 unspecified atom stereocenters. The van der Waals surface area contributed by atoms with Crippen LogP contribution in [0.15, 0.2) is 24.3 Å². The normalized spacial score (nSPS) is 54.9. The zero-order chi connectivity index (χ0) is 17.3. The zero-order valence-corrected chi connectivity index (χ0v) is 17.9. The fraction of sp³-hybridized carbons (Fsp3) is 0.714. The summed E-state index contributed by atoms with van der Waals surface area (Å²) in [5.74, 6) is 1.17. The second kappa shape index (κ2) is 5.16. The quantitative estimate of drug-likeness (QED) is 0.398. The second-order valence-corrected chi connectivity index (χ2v) is 9.58. The molecule has 2 N–H and O–H groups in total. The van der Waals surface area contributed by atoms with E-state index in [2.05, 4.69) is 50.2 Å². The molecule has 7 rings (SSSR count). The van der Waals surface area contributed by atoms with Gasteiger partial charge in [0.2, 0.25) is 0 Å². The van der Waals surface area contributed by atoms with Crippen LogP contribution >= 0.6 is 0 Å². The molecule has 5 aliphatic heterocycles. The van der Waals surface area contributed by atoms with Crippen molar-refractivity contribution in [2.45, 2.75) is 62.1 Å². The number of rotatable bonds is 1. The summed E-state index contributed by atoms with van der Waals surface area (Å²) >= 11 is 0. The number of quaternary nitrogens is 1. The highest BCUT2D eigenvalue weighted by molar-refractivity contribution is 5.66. The average Bonchev–Trinajstić information content (AvgIpc) is 2.99. The van der Waals surface area contributed by atoms with Crippen LogP contribution in [0.4, 0.5) is 5.69 Å². The Balaban J connectivity index is 0.00000150. The molecular formula is C21H29IN2O2. The average molecular weight is 468 g/mol. The van der Waals surface area contributed by atoms with E-state index in [9.17, 15) is 10.2 Å². The van der Waals surface area contributed by atoms with Gasteiger partial charge in [0, 0.05) is 37.4 Å². The summed E-state index contributed by atoms with van der Waals surface area (Å²) in [6.45, 7) is 2.21. The van der Waals surface area contributed by atoms with Gasteiger partial charge < -0.3 is 39.1 Å². The maximum absolute atomic E-state index is 11.7. The molecule has 1 aliphatic carbocycles. The number of fused-ring (bicyclic) bond motifs is 2. The third kappa shape index (κ3) is 1.51. The van der Waals surface area contributed by atoms with Crippen LogP contribution in [0.5, 0.6) is 0 Å². The van der Waals surface area contributed by atoms with Crippen LogP contribution in [-0.2, 0) is 5.41 Å². The van der Waals surface area contributed by atoms with Gasteiger partial charge in [-0.05, 0) is 24.0 Å². The Labute approximate surface area is 172 Å². The SMILES string of the molecule is CC[C@H]1C2C[C@H]3[C@@H]4N(C)c5ccccc5C45C[C@@H](C2C5O)[N+]3(C)[C@@H]1O.[I-]. The van der Waals surface area contributed by atoms with Crippen LogP contribution in [0.2, 0.25) is 0 Å². The second-order valence-electron chi connectivity index (χ2n) is 9.58. The highest BCUT2D eigenvalue weighted by atomic mass is 127. The Bertz CT molecular complexity index is 774. The van der Waals surface area contributed by atoms with Gasteiger partial charge in [0.05, 0.1) is 30.7 Å². The van der Waals surface area contributed by atoms with Crippen molar-refractivity contribution in [3.63, 3.8) is 0 Å². The van der Waals surface area contributed by atoms with Crippen molar-refractivity contribution in [3.8, 4) is 0 Å². The van der Waals surface area contributed by atoms with Gasteiger partial charge in [-0.1, -0.05) is 25.1 Å². The number of nitrogens with zero attached hydrogens (tertiary/aromatic N) is 2. The number of piperidine rings is 4. The summed E-state index contributed by atoms with van der Waals surface area (Å²) < 4.78 is 0.779. The molecule has 5 heterocycles. The van der Waals surface area contributed by atoms with Gasteiger partial charge in [-0.3, -0.25) is 4.48 Å². The van der Waals surface area contributed by atoms with Crippen LogP contribution in [0.25, 0.3) is 0 Å². The lowest BCUT2D eigenvalue weighted by atomic mass is 9.61. The minimum Gasteiger partial charge on any atom is -1.00 e. The Morgan fingerprint density at radius 3 is 2.69 bits per heavy atom. The van der Waals surface area contributed by atoms with E-state index in [0.29, 0.717) is 35.9 Å². The van der Waals surface area contributed by atoms with E-state index in [1.54, 1.807) is 0 Å². The van der Waals surface area contributed by atoms with E-state index in [1.165, 1.54) is 11.3 Å². The van der Waals surface area contributed by atoms with Crippen LogP contribution < -0.4 is 28.9 Å². The number of hydrogen-bond acceptors (Lipinski definition) is 3. The fourth-order valence-corrected chi connectivity index (χ4v) is 8.58. The molecular weight excluding hydrogens is 439 g/mol. The number of para-hydroxylation sites is 1. The molecule has 1 saturated carbocycles. The summed E-state index contributed by atoms with van der Waals surface area (Å²) in [5.41, 5.74) is 2.54. The first-order valence-electron chi connectivity index (χ1n) is 10.0. The Hall–Kier alpha value is -0.370. The first-order chi connectivity index (χ1) is 12.0. The van der Waals surface area contributed by atoms with E-state index in [4.69, 9.17) is 0 Å². The Morgan fingerprint density at radius 2 is 1.96 bits per heavy atom. The smallest absolute Gasteiger partial charge is 0.193 e. The molecule has 0 radical (unpaired) electrons. The van der Waals surface area contributed by atoms with Crippen molar-refractivity contribution < 1.29 is 38.7 Å². The van der Waals surface area contributed by atoms with Crippen LogP contribution in [0.1, 0.15) is 31.7 Å². The molecule has 4 nitrogen and oxygen atoms in total. The fourth-order valence-electron chi connectivity index (χ4n) is 8.58. The molecule has 4 saturated heterocycles. The molecule has 6 aliphatic rings. The van der Waals surface area contributed by atoms with Crippen molar-refractivity contribution in [2.24, 2.45) is 17.8 Å². The van der Waals surface area contributed by atoms with E-state index in [0.717, 1.165) is 23.7 Å². The van der Waals surface area contributed by atoms with Gasteiger partial charge >= 0.3 is 0 Å². The lowest BCUT2D eigenvalue weighted by Crippen LogP contribution is -3.00. The van der Waals surface area contributed by atoms with Crippen molar-refractivity contribution in [2.75, 3.05) is 19.0 Å². The molecule has 1 spiro atoms. The molecule has 26 heavy (non-hydrogen) atoms. The predicted molar refractivity (Wildman–Crippen MR) is 96.1 cm³/mol. The number of halogens is 1. The molecule has 0 amide bonds. The van der Waals surface area contributed by atoms with Gasteiger partial charge in [-0.25, -0.2) is 0 Å². The Kier molecular flexibility index (Phi) is 3.51. The van der Waals surface area contributed by atoms with E-state index in [-0.39, 0.29) is 41.7 Å². The summed E-state index contributed by atoms with van der Waals surface area (Å²) in [7, 11) is 4.51. The number of aliphatic hydroxyl groups excluding tert-OH is 2. The van der Waals surface area contributed by atoms with E-state index in [1.807, 2.05) is 0 Å². The molecule has 5 bridgehead atoms. The largest absolute Gasteiger partial charge is 1.00 e. The van der Waals surface area contributed by atoms with Gasteiger partial charge in [0.1, 0.15) is 6.04 Å². The van der Waals surface area contributed by atoms with E-state index < -0.39 is 0 Å². The topological polar surface area (TPSA) is 43.7 Å². The van der Waals surface area contributed by atoms with Gasteiger partial charge in [0.15, 0.2) is 6.23 Å². The van der Waals surface area contributed by atoms with E-state index >= 15 is 0 Å². The molecule has 10 atom stereocenters. The summed E-state index contributed by atoms with van der Waals surface area (Å²) in [6.07, 6.45) is 2.67. The molecule has 1 aromatic carbocycles. The van der Waals surface area contributed by atoms with Gasteiger partial charge in [-0.15, -0.1) is 0 Å². The monoisotopic (exact) mass is 468 g/mol. The molecule has 142 valence electrons. The highest BCUT2D eigenvalue weighted by Gasteiger charge is 2.82. The number of likely N-dealkylation sites (N-methyl/N-ethyl adjacent to an activating group) is 2. The first kappa shape index (κ1) is 17.7. The maximum atomic E-state index is 11.7. The highest BCUT2D eigenvalue weighted by Crippen LogP contribution is 2.70. The molecule has 1 aromatic rings. The predicted octanol–water partition coefficient (Wildman–Crippen LogP) is -1.30. The van der Waals surface area contributed by atoms with Gasteiger partial charge in [0.25, 0.3) is 0 Å². The lowest BCUT2D eigenvalue weighted by molar-refractivity contribution is -1.02. The summed E-state index contributed by atoms with van der Waals surface area (Å²) in [4.78, 5) is 2.44. The van der Waals surface area contributed by atoms with Crippen molar-refractivity contribution in [3.05, 3.63) is 29.8 Å². The number of anilines is 1. The number of benzene rings is 1. The van der Waals surface area contributed by atoms with Crippen molar-refractivity contribution in [1.82, 2.24) is 0 Å². The van der Waals surface area contributed by atoms with Crippen LogP contribution in [0.3, 0.4) is 0 Å². The standard InChI is InChI=1S/C21H29N2O2.HI/c1-4-11-12-9-15-18-21(13-7-5-6-8-14(13)22(18)2)10-16(17(12)19(21)24)23(15,3)20(11)25;/h5-8,11-12,15-20,24-25H,4,9-10H2,1-3H3;1H/q+1;/p-1/t11-,12?,15-,16-,17?,18-,19?,20+,21?,23?;/m0./s1. The zero-order valence-electron chi connectivity index (χ0n) is 15.7. The van der Waals surface area contributed by atoms with Crippen LogP contribution in [-0.4, -0.2) is 59.2 Å². The third-order valence-electron chi connectivity index (χ3n) is 9.39. The minimum absolute atomic E-state index is 0. The first-order valence-corrected chi connectivity index (χ1v) is 10.0. The summed E-state index contributed by atoms with van der Waals surface area (Å²) in [6, 6.07) is 9.87. The molecule has 0 aromatic heterocycles. The molecule has 5 fully saturated rings.